The summed E-state index contributed by atoms with van der Waals surface area (Å²) in [5.74, 6) is 1.08. The summed E-state index contributed by atoms with van der Waals surface area (Å²) in [4.78, 5) is 4.68. The highest BCUT2D eigenvalue weighted by Gasteiger charge is 2.10. The Bertz CT molecular complexity index is 548. The molecule has 0 unspecified atom stereocenters. The van der Waals surface area contributed by atoms with E-state index in [1.807, 2.05) is 12.1 Å². The molecule has 1 heterocycles. The van der Waals surface area contributed by atoms with Gasteiger partial charge in [-0.15, -0.1) is 0 Å². The number of benzene rings is 1. The number of aromatic nitrogens is 2. The predicted molar refractivity (Wildman–Crippen MR) is 86.3 cm³/mol. The third kappa shape index (κ3) is 3.74. The van der Waals surface area contributed by atoms with Crippen molar-refractivity contribution in [3.8, 4) is 0 Å². The van der Waals surface area contributed by atoms with Crippen molar-refractivity contribution in [1.82, 2.24) is 9.55 Å². The number of imidazole rings is 1. The average molecular weight is 294 g/mol. The highest BCUT2D eigenvalue weighted by Crippen LogP contribution is 2.21. The maximum absolute atomic E-state index is 6.04. The minimum Gasteiger partial charge on any atom is -0.330 e. The van der Waals surface area contributed by atoms with Gasteiger partial charge in [0.05, 0.1) is 11.0 Å². The van der Waals surface area contributed by atoms with Gasteiger partial charge in [0.2, 0.25) is 0 Å². The Hall–Kier alpha value is -1.06. The summed E-state index contributed by atoms with van der Waals surface area (Å²) < 4.78 is 2.31. The lowest BCUT2D eigenvalue weighted by atomic mass is 10.1. The molecule has 0 aliphatic carbocycles. The maximum Gasteiger partial charge on any atom is 0.111 e. The number of nitrogens with zero attached hydrogens (tertiary/aromatic N) is 2. The Labute approximate surface area is 126 Å². The Morgan fingerprint density at radius 3 is 2.75 bits per heavy atom. The number of hydrogen-bond donors (Lipinski definition) is 1. The van der Waals surface area contributed by atoms with Crippen LogP contribution >= 0.6 is 11.6 Å². The Morgan fingerprint density at radius 2 is 2.00 bits per heavy atom. The lowest BCUT2D eigenvalue weighted by Gasteiger charge is -2.08. The van der Waals surface area contributed by atoms with Gasteiger partial charge in [-0.2, -0.15) is 0 Å². The monoisotopic (exact) mass is 293 g/mol. The fourth-order valence-electron chi connectivity index (χ4n) is 2.60. The van der Waals surface area contributed by atoms with Gasteiger partial charge in [0.15, 0.2) is 0 Å². The van der Waals surface area contributed by atoms with Crippen LogP contribution in [0.4, 0.5) is 0 Å². The zero-order valence-corrected chi connectivity index (χ0v) is 13.0. The second kappa shape index (κ2) is 7.65. The fraction of sp³-hybridized carbons (Fsp3) is 0.562. The van der Waals surface area contributed by atoms with Crippen molar-refractivity contribution in [1.29, 1.82) is 0 Å². The highest BCUT2D eigenvalue weighted by atomic mass is 35.5. The van der Waals surface area contributed by atoms with E-state index in [1.165, 1.54) is 37.6 Å². The molecule has 0 saturated carbocycles. The molecule has 20 heavy (non-hydrogen) atoms. The second-order valence-electron chi connectivity index (χ2n) is 5.27. The van der Waals surface area contributed by atoms with Crippen molar-refractivity contribution in [3.05, 3.63) is 29.0 Å². The van der Waals surface area contributed by atoms with Gasteiger partial charge in [0.25, 0.3) is 0 Å². The summed E-state index contributed by atoms with van der Waals surface area (Å²) in [6.07, 6.45) is 7.23. The van der Waals surface area contributed by atoms with Crippen molar-refractivity contribution in [2.75, 3.05) is 6.54 Å². The zero-order valence-electron chi connectivity index (χ0n) is 12.2. The Kier molecular flexibility index (Phi) is 5.86. The van der Waals surface area contributed by atoms with Crippen LogP contribution in [0.15, 0.2) is 18.2 Å². The second-order valence-corrected chi connectivity index (χ2v) is 5.70. The van der Waals surface area contributed by atoms with E-state index in [0.717, 1.165) is 29.3 Å². The minimum atomic E-state index is 0.632. The third-order valence-corrected chi connectivity index (χ3v) is 3.88. The molecule has 0 atom stereocenters. The van der Waals surface area contributed by atoms with Crippen molar-refractivity contribution >= 4 is 22.6 Å². The van der Waals surface area contributed by atoms with Gasteiger partial charge in [-0.25, -0.2) is 4.98 Å². The number of nitrogens with two attached hydrogens (primary N) is 1. The van der Waals surface area contributed by atoms with Crippen molar-refractivity contribution in [2.45, 2.75) is 52.0 Å². The molecule has 1 aromatic heterocycles. The molecule has 2 N–H and O–H groups in total. The molecule has 4 heteroatoms. The highest BCUT2D eigenvalue weighted by molar-refractivity contribution is 6.31. The molecule has 0 radical (unpaired) electrons. The van der Waals surface area contributed by atoms with E-state index >= 15 is 0 Å². The minimum absolute atomic E-state index is 0.632. The van der Waals surface area contributed by atoms with Crippen molar-refractivity contribution in [3.63, 3.8) is 0 Å². The van der Waals surface area contributed by atoms with E-state index in [-0.39, 0.29) is 0 Å². The number of unbranched alkanes of at least 4 members (excludes halogenated alkanes) is 4. The molecule has 2 rings (SSSR count). The number of fused-ring (bicyclic) bond motifs is 1. The van der Waals surface area contributed by atoms with Gasteiger partial charge in [-0.1, -0.05) is 44.2 Å². The number of rotatable bonds is 8. The largest absolute Gasteiger partial charge is 0.330 e. The van der Waals surface area contributed by atoms with Gasteiger partial charge in [-0.05, 0) is 31.2 Å². The fourth-order valence-corrected chi connectivity index (χ4v) is 2.76. The number of aryl methyl sites for hydroxylation is 1. The van der Waals surface area contributed by atoms with Crippen LogP contribution in [0.1, 0.15) is 44.9 Å². The van der Waals surface area contributed by atoms with E-state index < -0.39 is 0 Å². The van der Waals surface area contributed by atoms with Crippen LogP contribution in [0.2, 0.25) is 5.02 Å². The van der Waals surface area contributed by atoms with E-state index in [1.54, 1.807) is 0 Å². The molecule has 0 aliphatic heterocycles. The lowest BCUT2D eigenvalue weighted by molar-refractivity contribution is 0.562. The number of hydrogen-bond acceptors (Lipinski definition) is 2. The van der Waals surface area contributed by atoms with Gasteiger partial charge in [0, 0.05) is 18.0 Å². The van der Waals surface area contributed by atoms with E-state index in [9.17, 15) is 0 Å². The van der Waals surface area contributed by atoms with Crippen LogP contribution in [0.3, 0.4) is 0 Å². The molecule has 0 aliphatic rings. The first-order valence-corrected chi connectivity index (χ1v) is 7.98. The van der Waals surface area contributed by atoms with Gasteiger partial charge < -0.3 is 10.3 Å². The molecule has 0 fully saturated rings. The van der Waals surface area contributed by atoms with Crippen LogP contribution in [0.5, 0.6) is 0 Å². The quantitative estimate of drug-likeness (QED) is 0.743. The van der Waals surface area contributed by atoms with E-state index in [2.05, 4.69) is 22.5 Å². The summed E-state index contributed by atoms with van der Waals surface area (Å²) in [7, 11) is 0. The maximum atomic E-state index is 6.04. The molecule has 110 valence electrons. The first-order chi connectivity index (χ1) is 9.76. The molecule has 3 nitrogen and oxygen atoms in total. The summed E-state index contributed by atoms with van der Waals surface area (Å²) in [5.41, 5.74) is 7.85. The molecular formula is C16H24ClN3. The third-order valence-electron chi connectivity index (χ3n) is 3.64. The summed E-state index contributed by atoms with van der Waals surface area (Å²) >= 11 is 6.04. The molecule has 0 amide bonds. The van der Waals surface area contributed by atoms with Crippen LogP contribution in [-0.2, 0) is 13.0 Å². The predicted octanol–water partition coefficient (Wildman–Crippen LogP) is 4.16. The van der Waals surface area contributed by atoms with Crippen LogP contribution in [0.25, 0.3) is 11.0 Å². The smallest absolute Gasteiger partial charge is 0.111 e. The Morgan fingerprint density at radius 1 is 1.20 bits per heavy atom. The summed E-state index contributed by atoms with van der Waals surface area (Å²) in [5, 5.41) is 0.740. The van der Waals surface area contributed by atoms with E-state index in [0.29, 0.717) is 6.54 Å². The SMILES string of the molecule is CCCCCCCn1c(CCN)nc2cc(Cl)ccc21. The zero-order chi connectivity index (χ0) is 14.4. The van der Waals surface area contributed by atoms with Crippen LogP contribution < -0.4 is 5.73 Å². The number of halogens is 1. The van der Waals surface area contributed by atoms with Crippen LogP contribution in [-0.4, -0.2) is 16.1 Å². The molecule has 2 aromatic rings. The van der Waals surface area contributed by atoms with Crippen LogP contribution in [0, 0.1) is 0 Å². The van der Waals surface area contributed by atoms with Crippen molar-refractivity contribution in [2.24, 2.45) is 5.73 Å². The average Bonchev–Trinajstić information content (AvgIpc) is 2.76. The first kappa shape index (κ1) is 15.3. The topological polar surface area (TPSA) is 43.8 Å². The molecule has 0 bridgehead atoms. The van der Waals surface area contributed by atoms with Gasteiger partial charge >= 0.3 is 0 Å². The summed E-state index contributed by atoms with van der Waals surface area (Å²) in [6.45, 7) is 3.90. The Balaban J connectivity index is 2.13. The summed E-state index contributed by atoms with van der Waals surface area (Å²) in [6, 6.07) is 5.94. The molecular weight excluding hydrogens is 270 g/mol. The van der Waals surface area contributed by atoms with E-state index in [4.69, 9.17) is 17.3 Å². The van der Waals surface area contributed by atoms with Gasteiger partial charge in [-0.3, -0.25) is 0 Å². The van der Waals surface area contributed by atoms with Gasteiger partial charge in [0.1, 0.15) is 5.82 Å². The lowest BCUT2D eigenvalue weighted by Crippen LogP contribution is -2.10. The first-order valence-electron chi connectivity index (χ1n) is 7.61. The van der Waals surface area contributed by atoms with Crippen molar-refractivity contribution < 1.29 is 0 Å². The molecule has 0 spiro atoms. The molecule has 0 saturated heterocycles. The standard InChI is InChI=1S/C16H24ClN3/c1-2-3-4-5-6-11-20-15-8-7-13(17)12-14(15)19-16(20)9-10-18/h7-8,12H,2-6,9-11,18H2,1H3. The molecule has 1 aromatic carbocycles. The normalized spacial score (nSPS) is 11.3.